The summed E-state index contributed by atoms with van der Waals surface area (Å²) in [7, 11) is 0. The van der Waals surface area contributed by atoms with E-state index in [-0.39, 0.29) is 25.1 Å². The van der Waals surface area contributed by atoms with Crippen LogP contribution in [0.2, 0.25) is 5.02 Å². The van der Waals surface area contributed by atoms with Crippen molar-refractivity contribution in [3.63, 3.8) is 0 Å². The maximum absolute atomic E-state index is 12.9. The lowest BCUT2D eigenvalue weighted by Gasteiger charge is -2.20. The van der Waals surface area contributed by atoms with Crippen LogP contribution in [0.5, 0.6) is 11.5 Å². The number of nitrogens with zero attached hydrogens (tertiary/aromatic N) is 3. The van der Waals surface area contributed by atoms with Gasteiger partial charge in [0.15, 0.2) is 6.61 Å². The molecule has 8 heteroatoms. The normalized spacial score (nSPS) is 12.8. The summed E-state index contributed by atoms with van der Waals surface area (Å²) in [6.07, 6.45) is 1.90. The van der Waals surface area contributed by atoms with Gasteiger partial charge < -0.3 is 18.8 Å². The molecular weight excluding hydrogens is 466 g/mol. The van der Waals surface area contributed by atoms with Crippen molar-refractivity contribution in [3.05, 3.63) is 95.3 Å². The summed E-state index contributed by atoms with van der Waals surface area (Å²) in [5.74, 6) is 1.90. The Hall–Kier alpha value is -3.84. The first-order valence-corrected chi connectivity index (χ1v) is 11.8. The second kappa shape index (κ2) is 10.6. The van der Waals surface area contributed by atoms with E-state index in [1.54, 1.807) is 23.1 Å². The molecule has 4 aromatic rings. The summed E-state index contributed by atoms with van der Waals surface area (Å²) < 4.78 is 17.3. The van der Waals surface area contributed by atoms with Gasteiger partial charge >= 0.3 is 0 Å². The molecule has 3 aromatic carbocycles. The zero-order chi connectivity index (χ0) is 24.0. The Morgan fingerprint density at radius 1 is 0.914 bits per heavy atom. The Morgan fingerprint density at radius 2 is 1.60 bits per heavy atom. The molecule has 0 spiro atoms. The number of benzene rings is 3. The fraction of sp³-hybridized carbons (Fsp3) is 0.222. The van der Waals surface area contributed by atoms with Gasteiger partial charge in [0.1, 0.15) is 18.1 Å². The van der Waals surface area contributed by atoms with Crippen molar-refractivity contribution in [2.75, 3.05) is 6.61 Å². The topological polar surface area (TPSA) is 77.7 Å². The third-order valence-corrected chi connectivity index (χ3v) is 5.95. The molecule has 1 saturated carbocycles. The number of hydrogen-bond acceptors (Lipinski definition) is 6. The lowest BCUT2D eigenvalue weighted by Crippen LogP contribution is -2.36. The quantitative estimate of drug-likeness (QED) is 0.291. The van der Waals surface area contributed by atoms with E-state index in [9.17, 15) is 4.79 Å². The van der Waals surface area contributed by atoms with Gasteiger partial charge in [-0.15, -0.1) is 10.2 Å². The van der Waals surface area contributed by atoms with Crippen molar-refractivity contribution in [1.82, 2.24) is 15.1 Å². The zero-order valence-electron chi connectivity index (χ0n) is 19.0. The van der Waals surface area contributed by atoms with Crippen molar-refractivity contribution in [3.8, 4) is 23.0 Å². The van der Waals surface area contributed by atoms with Gasteiger partial charge in [0.2, 0.25) is 11.8 Å². The fourth-order valence-corrected chi connectivity index (χ4v) is 3.83. The highest BCUT2D eigenvalue weighted by Gasteiger charge is 2.34. The second-order valence-corrected chi connectivity index (χ2v) is 8.68. The van der Waals surface area contributed by atoms with E-state index < -0.39 is 0 Å². The Labute approximate surface area is 208 Å². The Balaban J connectivity index is 1.15. The smallest absolute Gasteiger partial charge is 0.261 e. The van der Waals surface area contributed by atoms with Crippen molar-refractivity contribution >= 4 is 17.5 Å². The summed E-state index contributed by atoms with van der Waals surface area (Å²) >= 11 is 6.22. The molecule has 7 nitrogen and oxygen atoms in total. The highest BCUT2D eigenvalue weighted by atomic mass is 35.5. The summed E-state index contributed by atoms with van der Waals surface area (Å²) in [5.41, 5.74) is 1.76. The van der Waals surface area contributed by atoms with Crippen molar-refractivity contribution in [2.24, 2.45) is 0 Å². The van der Waals surface area contributed by atoms with E-state index in [0.717, 1.165) is 24.2 Å². The first-order chi connectivity index (χ1) is 17.2. The van der Waals surface area contributed by atoms with Crippen LogP contribution in [0, 0.1) is 0 Å². The average molecular weight is 490 g/mol. The first-order valence-electron chi connectivity index (χ1n) is 11.4. The Morgan fingerprint density at radius 3 is 2.31 bits per heavy atom. The predicted octanol–water partition coefficient (Wildman–Crippen LogP) is 5.54. The molecule has 0 bridgehead atoms. The van der Waals surface area contributed by atoms with Gasteiger partial charge in [-0.1, -0.05) is 54.1 Å². The number of carbonyl (C=O) groups excluding carboxylic acids is 1. The van der Waals surface area contributed by atoms with Crippen molar-refractivity contribution in [1.29, 1.82) is 0 Å². The minimum absolute atomic E-state index is 0.0772. The van der Waals surface area contributed by atoms with Gasteiger partial charge in [-0.2, -0.15) is 0 Å². The summed E-state index contributed by atoms with van der Waals surface area (Å²) in [6, 6.07) is 24.6. The maximum atomic E-state index is 12.9. The third kappa shape index (κ3) is 6.00. The largest absolute Gasteiger partial charge is 0.489 e. The number of ether oxygens (including phenoxy) is 2. The van der Waals surface area contributed by atoms with Gasteiger partial charge in [-0.25, -0.2) is 0 Å². The minimum atomic E-state index is -0.130. The number of rotatable bonds is 10. The van der Waals surface area contributed by atoms with Crippen LogP contribution in [0.25, 0.3) is 11.5 Å². The zero-order valence-corrected chi connectivity index (χ0v) is 19.7. The SMILES string of the molecule is O=C(COc1ccc(OCc2ccccc2)cc1)N(Cc1nnc(-c2ccccc2Cl)o1)C1CC1. The first kappa shape index (κ1) is 22.9. The molecule has 1 heterocycles. The van der Waals surface area contributed by atoms with Crippen LogP contribution in [0.15, 0.2) is 83.3 Å². The molecule has 1 aliphatic carbocycles. The van der Waals surface area contributed by atoms with Crippen LogP contribution in [0.1, 0.15) is 24.3 Å². The van der Waals surface area contributed by atoms with Crippen LogP contribution in [0.3, 0.4) is 0 Å². The maximum Gasteiger partial charge on any atom is 0.261 e. The van der Waals surface area contributed by atoms with Gasteiger partial charge in [0.05, 0.1) is 17.1 Å². The highest BCUT2D eigenvalue weighted by Crippen LogP contribution is 2.30. The van der Waals surface area contributed by atoms with Gasteiger partial charge in [0, 0.05) is 6.04 Å². The molecule has 0 radical (unpaired) electrons. The van der Waals surface area contributed by atoms with Gasteiger partial charge in [-0.05, 0) is 54.8 Å². The van der Waals surface area contributed by atoms with Crippen LogP contribution in [0.4, 0.5) is 0 Å². The molecule has 1 fully saturated rings. The van der Waals surface area contributed by atoms with E-state index in [4.69, 9.17) is 25.5 Å². The molecule has 5 rings (SSSR count). The van der Waals surface area contributed by atoms with Crippen molar-refractivity contribution in [2.45, 2.75) is 32.0 Å². The molecule has 35 heavy (non-hydrogen) atoms. The average Bonchev–Trinajstić information content (AvgIpc) is 3.63. The summed E-state index contributed by atoms with van der Waals surface area (Å²) in [4.78, 5) is 14.7. The molecule has 1 amide bonds. The molecule has 0 aliphatic heterocycles. The molecule has 1 aliphatic rings. The van der Waals surface area contributed by atoms with Crippen LogP contribution >= 0.6 is 11.6 Å². The number of hydrogen-bond donors (Lipinski definition) is 0. The second-order valence-electron chi connectivity index (χ2n) is 8.27. The molecule has 0 N–H and O–H groups in total. The monoisotopic (exact) mass is 489 g/mol. The highest BCUT2D eigenvalue weighted by molar-refractivity contribution is 6.33. The van der Waals surface area contributed by atoms with Crippen LogP contribution in [-0.2, 0) is 17.9 Å². The number of halogens is 1. The molecule has 178 valence electrons. The Bertz CT molecular complexity index is 1270. The van der Waals surface area contributed by atoms with Crippen LogP contribution < -0.4 is 9.47 Å². The van der Waals surface area contributed by atoms with E-state index in [1.165, 1.54) is 0 Å². The standard InChI is InChI=1S/C27H24ClN3O4/c28-24-9-5-4-8-23(24)27-30-29-25(35-27)16-31(20-10-11-20)26(32)18-34-22-14-12-21(13-15-22)33-17-19-6-2-1-3-7-19/h1-9,12-15,20H,10-11,16-18H2. The van der Waals surface area contributed by atoms with Crippen LogP contribution in [-0.4, -0.2) is 33.7 Å². The lowest BCUT2D eigenvalue weighted by atomic mass is 10.2. The van der Waals surface area contributed by atoms with Gasteiger partial charge in [-0.3, -0.25) is 4.79 Å². The predicted molar refractivity (Wildman–Crippen MR) is 131 cm³/mol. The summed E-state index contributed by atoms with van der Waals surface area (Å²) in [6.45, 7) is 0.645. The van der Waals surface area contributed by atoms with E-state index in [1.807, 2.05) is 60.7 Å². The minimum Gasteiger partial charge on any atom is -0.489 e. The van der Waals surface area contributed by atoms with Gasteiger partial charge in [0.25, 0.3) is 5.91 Å². The third-order valence-electron chi connectivity index (χ3n) is 5.62. The van der Waals surface area contributed by atoms with E-state index in [0.29, 0.717) is 34.7 Å². The van der Waals surface area contributed by atoms with E-state index in [2.05, 4.69) is 10.2 Å². The summed E-state index contributed by atoms with van der Waals surface area (Å²) in [5, 5.41) is 8.73. The number of carbonyl (C=O) groups is 1. The van der Waals surface area contributed by atoms with E-state index >= 15 is 0 Å². The fourth-order valence-electron chi connectivity index (χ4n) is 3.61. The Kier molecular flexibility index (Phi) is 6.95. The van der Waals surface area contributed by atoms with Crippen molar-refractivity contribution < 1.29 is 18.7 Å². The molecule has 0 saturated heterocycles. The molecule has 0 atom stereocenters. The lowest BCUT2D eigenvalue weighted by molar-refractivity contribution is -0.134. The molecule has 0 unspecified atom stereocenters. The number of aromatic nitrogens is 2. The molecule has 1 aromatic heterocycles. The number of amides is 1. The molecular formula is C27H24ClN3O4.